The molecular weight excluding hydrogens is 771 g/mol. The van der Waals surface area contributed by atoms with Gasteiger partial charge in [-0.25, -0.2) is 0 Å². The molecule has 0 aromatic heterocycles. The number of rotatable bonds is 8. The van der Waals surface area contributed by atoms with Gasteiger partial charge in [0.1, 0.15) is 11.4 Å². The minimum atomic E-state index is -0.655. The third-order valence-electron chi connectivity index (χ3n) is 9.15. The van der Waals surface area contributed by atoms with E-state index in [4.69, 9.17) is 34.8 Å². The summed E-state index contributed by atoms with van der Waals surface area (Å²) in [5, 5.41) is 49.2. The number of fused-ring (bicyclic) bond motifs is 2. The zero-order chi connectivity index (χ0) is 39.7. The molecule has 56 heavy (non-hydrogen) atoms. The van der Waals surface area contributed by atoms with Crippen LogP contribution >= 0.6 is 34.8 Å². The van der Waals surface area contributed by atoms with Gasteiger partial charge in [-0.15, -0.1) is 10.2 Å². The third kappa shape index (κ3) is 7.76. The van der Waals surface area contributed by atoms with Gasteiger partial charge in [-0.1, -0.05) is 95.5 Å². The van der Waals surface area contributed by atoms with E-state index in [9.17, 15) is 19.8 Å². The Morgan fingerprint density at radius 2 is 0.964 bits per heavy atom. The van der Waals surface area contributed by atoms with E-state index in [1.165, 1.54) is 6.07 Å². The topological polar surface area (TPSA) is 148 Å². The number of nitrogens with zero attached hydrogens (tertiary/aromatic N) is 4. The number of phenols is 2. The number of amides is 2. The number of benzene rings is 7. The van der Waals surface area contributed by atoms with Crippen molar-refractivity contribution >= 4 is 102 Å². The number of azo groups is 2. The highest BCUT2D eigenvalue weighted by molar-refractivity contribution is 6.34. The van der Waals surface area contributed by atoms with Crippen molar-refractivity contribution in [2.75, 3.05) is 10.6 Å². The molecule has 0 atom stereocenters. The van der Waals surface area contributed by atoms with Gasteiger partial charge in [0, 0.05) is 26.5 Å². The van der Waals surface area contributed by atoms with Gasteiger partial charge in [-0.2, -0.15) is 10.2 Å². The van der Waals surface area contributed by atoms with Crippen molar-refractivity contribution in [1.82, 2.24) is 0 Å². The molecule has 0 aliphatic carbocycles. The second-order valence-corrected chi connectivity index (χ2v) is 14.3. The van der Waals surface area contributed by atoms with Crippen molar-refractivity contribution in [3.8, 4) is 11.5 Å². The fourth-order valence-electron chi connectivity index (χ4n) is 6.06. The minimum absolute atomic E-state index is 0.0429. The number of hydrogen-bond donors (Lipinski definition) is 4. The molecule has 7 aromatic carbocycles. The fourth-order valence-corrected chi connectivity index (χ4v) is 6.61. The largest absolute Gasteiger partial charge is 0.505 e. The van der Waals surface area contributed by atoms with Crippen LogP contribution in [0.4, 0.5) is 34.1 Å². The number of hydrogen-bond acceptors (Lipinski definition) is 8. The van der Waals surface area contributed by atoms with Crippen molar-refractivity contribution in [2.45, 2.75) is 20.8 Å². The first-order valence-corrected chi connectivity index (χ1v) is 18.3. The van der Waals surface area contributed by atoms with Gasteiger partial charge in [0.25, 0.3) is 11.8 Å². The Morgan fingerprint density at radius 1 is 0.518 bits per heavy atom. The summed E-state index contributed by atoms with van der Waals surface area (Å²) in [6.07, 6.45) is 0. The summed E-state index contributed by atoms with van der Waals surface area (Å²) in [4.78, 5) is 27.5. The van der Waals surface area contributed by atoms with E-state index in [0.29, 0.717) is 54.2 Å². The van der Waals surface area contributed by atoms with Gasteiger partial charge in [-0.05, 0) is 96.8 Å². The fraction of sp³-hybridized carbons (Fsp3) is 0.0698. The Kier molecular flexibility index (Phi) is 10.7. The summed E-state index contributed by atoms with van der Waals surface area (Å²) in [5.74, 6) is -2.03. The number of carbonyl (C=O) groups is 2. The van der Waals surface area contributed by atoms with E-state index in [-0.39, 0.29) is 44.7 Å². The van der Waals surface area contributed by atoms with Crippen LogP contribution in [0.2, 0.25) is 15.1 Å². The van der Waals surface area contributed by atoms with Crippen LogP contribution in [0.1, 0.15) is 37.4 Å². The van der Waals surface area contributed by atoms with Gasteiger partial charge in [0.15, 0.2) is 11.5 Å². The lowest BCUT2D eigenvalue weighted by atomic mass is 10.0. The number of phenolic OH excluding ortho intramolecular Hbond substituents is 2. The molecule has 0 unspecified atom stereocenters. The van der Waals surface area contributed by atoms with Crippen LogP contribution in [0.25, 0.3) is 21.5 Å². The highest BCUT2D eigenvalue weighted by atomic mass is 35.5. The number of halogens is 3. The average molecular weight is 802 g/mol. The maximum Gasteiger partial charge on any atom is 0.259 e. The molecule has 2 amide bonds. The summed E-state index contributed by atoms with van der Waals surface area (Å²) < 4.78 is 0. The Labute approximate surface area is 336 Å². The number of carbonyl (C=O) groups excluding carboxylic acids is 2. The zero-order valence-corrected chi connectivity index (χ0v) is 32.3. The van der Waals surface area contributed by atoms with Crippen LogP contribution in [0.5, 0.6) is 11.5 Å². The first kappa shape index (κ1) is 38.0. The van der Waals surface area contributed by atoms with Crippen molar-refractivity contribution < 1.29 is 19.8 Å². The molecule has 0 bridgehead atoms. The van der Waals surface area contributed by atoms with Crippen molar-refractivity contribution in [1.29, 1.82) is 0 Å². The van der Waals surface area contributed by atoms with E-state index in [1.807, 2.05) is 32.0 Å². The van der Waals surface area contributed by atoms with Crippen LogP contribution in [-0.4, -0.2) is 22.0 Å². The smallest absolute Gasteiger partial charge is 0.259 e. The van der Waals surface area contributed by atoms with Gasteiger partial charge in [0.2, 0.25) is 0 Å². The first-order valence-electron chi connectivity index (χ1n) is 17.2. The summed E-state index contributed by atoms with van der Waals surface area (Å²) in [6.45, 7) is 5.44. The average Bonchev–Trinajstić information content (AvgIpc) is 3.18. The van der Waals surface area contributed by atoms with Crippen molar-refractivity contribution in [3.63, 3.8) is 0 Å². The van der Waals surface area contributed by atoms with Crippen molar-refractivity contribution in [2.24, 2.45) is 20.5 Å². The molecule has 0 aliphatic rings. The summed E-state index contributed by atoms with van der Waals surface area (Å²) in [6, 6.07) is 31.0. The number of nitrogens with one attached hydrogen (secondary N) is 2. The van der Waals surface area contributed by atoms with Gasteiger partial charge >= 0.3 is 0 Å². The molecule has 0 heterocycles. The summed E-state index contributed by atoms with van der Waals surface area (Å²) in [7, 11) is 0. The number of aromatic hydroxyl groups is 2. The quantitative estimate of drug-likeness (QED) is 0.113. The second kappa shape index (κ2) is 15.8. The van der Waals surface area contributed by atoms with Crippen LogP contribution in [0.15, 0.2) is 130 Å². The zero-order valence-electron chi connectivity index (χ0n) is 30.0. The summed E-state index contributed by atoms with van der Waals surface area (Å²) in [5.41, 5.74) is 3.89. The van der Waals surface area contributed by atoms with Gasteiger partial charge in [-0.3, -0.25) is 9.59 Å². The SMILES string of the molecule is Cc1ccc(Cl)cc1N=Nc1c(O)c(C(=O)Nc2cc(Cl)c(NC(=O)c3cc4ccccc4c(N=Nc4cc(Cl)ccc4C)c3O)cc2C)cc2ccccc12. The van der Waals surface area contributed by atoms with E-state index in [2.05, 4.69) is 31.1 Å². The number of aryl methyl sites for hydroxylation is 3. The maximum absolute atomic E-state index is 13.7. The predicted octanol–water partition coefficient (Wildman–Crippen LogP) is 13.6. The highest BCUT2D eigenvalue weighted by Gasteiger charge is 2.22. The molecule has 0 radical (unpaired) electrons. The lowest BCUT2D eigenvalue weighted by Crippen LogP contribution is -2.15. The Bertz CT molecular complexity index is 2610. The molecule has 278 valence electrons. The molecule has 4 N–H and O–H groups in total. The molecular formula is C43H31Cl3N6O4. The molecule has 10 nitrogen and oxygen atoms in total. The van der Waals surface area contributed by atoms with Crippen LogP contribution in [0.3, 0.4) is 0 Å². The lowest BCUT2D eigenvalue weighted by Gasteiger charge is -2.15. The Hall–Kier alpha value is -6.33. The minimum Gasteiger partial charge on any atom is -0.505 e. The molecule has 0 spiro atoms. The molecule has 7 aromatic rings. The number of anilines is 2. The normalized spacial score (nSPS) is 11.5. The molecule has 0 saturated carbocycles. The molecule has 0 fully saturated rings. The predicted molar refractivity (Wildman–Crippen MR) is 224 cm³/mol. The monoisotopic (exact) mass is 800 g/mol. The Morgan fingerprint density at radius 3 is 1.45 bits per heavy atom. The second-order valence-electron chi connectivity index (χ2n) is 13.0. The van der Waals surface area contributed by atoms with Crippen molar-refractivity contribution in [3.05, 3.63) is 152 Å². The molecule has 7 rings (SSSR count). The van der Waals surface area contributed by atoms with E-state index in [1.54, 1.807) is 91.9 Å². The van der Waals surface area contributed by atoms with E-state index < -0.39 is 11.8 Å². The standard InChI is InChI=1S/C43H31Cl3N6O4/c1-22-12-14-27(44)19-35(22)49-51-38-29-10-6-4-8-25(29)17-31(40(38)53)42(55)47-34-21-33(46)37(16-24(34)3)48-43(56)32-18-26-9-5-7-11-30(26)39(41(32)54)52-50-36-20-28(45)15-13-23(36)2/h4-21,53-54H,1-3H3,(H,47,55)(H,48,56). The van der Waals surface area contributed by atoms with Crippen LogP contribution in [0, 0.1) is 20.8 Å². The highest BCUT2D eigenvalue weighted by Crippen LogP contribution is 2.42. The maximum atomic E-state index is 13.7. The first-order chi connectivity index (χ1) is 26.9. The van der Waals surface area contributed by atoms with E-state index >= 15 is 0 Å². The third-order valence-corrected chi connectivity index (χ3v) is 9.93. The van der Waals surface area contributed by atoms with E-state index in [0.717, 1.165) is 11.1 Å². The molecule has 13 heteroatoms. The summed E-state index contributed by atoms with van der Waals surface area (Å²) >= 11 is 19.0. The lowest BCUT2D eigenvalue weighted by molar-refractivity contribution is 0.101. The molecule has 0 saturated heterocycles. The van der Waals surface area contributed by atoms with Crippen LogP contribution in [-0.2, 0) is 0 Å². The van der Waals surface area contributed by atoms with Gasteiger partial charge < -0.3 is 20.8 Å². The Balaban J connectivity index is 1.17. The van der Waals surface area contributed by atoms with Crippen LogP contribution < -0.4 is 10.6 Å². The van der Waals surface area contributed by atoms with Gasteiger partial charge in [0.05, 0.1) is 33.2 Å². The molecule has 0 aliphatic heterocycles.